The first-order valence-corrected chi connectivity index (χ1v) is 11.6. The maximum atomic E-state index is 14.2. The molecule has 3 aromatic rings. The summed E-state index contributed by atoms with van der Waals surface area (Å²) in [5, 5.41) is 5.69. The Kier molecular flexibility index (Phi) is 4.80. The molecule has 0 unspecified atom stereocenters. The van der Waals surface area contributed by atoms with Crippen molar-refractivity contribution < 1.29 is 9.53 Å². The van der Waals surface area contributed by atoms with Gasteiger partial charge < -0.3 is 9.64 Å². The number of hydrogen-bond donors (Lipinski definition) is 0. The zero-order valence-corrected chi connectivity index (χ0v) is 20.0. The number of pyridine rings is 1. The van der Waals surface area contributed by atoms with E-state index in [2.05, 4.69) is 33.8 Å². The Morgan fingerprint density at radius 2 is 1.94 bits per heavy atom. The summed E-state index contributed by atoms with van der Waals surface area (Å²) in [6, 6.07) is 6.08. The van der Waals surface area contributed by atoms with E-state index in [0.29, 0.717) is 18.0 Å². The van der Waals surface area contributed by atoms with Gasteiger partial charge in [0.05, 0.1) is 35.0 Å². The quantitative estimate of drug-likeness (QED) is 0.565. The largest absolute Gasteiger partial charge is 0.495 e. The molecule has 6 heteroatoms. The minimum Gasteiger partial charge on any atom is -0.495 e. The second-order valence-electron chi connectivity index (χ2n) is 10.2. The van der Waals surface area contributed by atoms with E-state index in [0.717, 1.165) is 59.5 Å². The van der Waals surface area contributed by atoms with Gasteiger partial charge in [-0.3, -0.25) is 4.79 Å². The average molecular weight is 433 g/mol. The highest BCUT2D eigenvalue weighted by Crippen LogP contribution is 2.43. The fourth-order valence-electron chi connectivity index (χ4n) is 4.90. The molecule has 3 heterocycles. The number of benzene rings is 1. The Balaban J connectivity index is 1.72. The number of carbonyl (C=O) groups excluding carboxylic acids is 1. The second kappa shape index (κ2) is 7.32. The molecule has 1 amide bonds. The van der Waals surface area contributed by atoms with Crippen LogP contribution in [0, 0.1) is 13.8 Å². The molecule has 0 saturated heterocycles. The summed E-state index contributed by atoms with van der Waals surface area (Å²) in [4.78, 5) is 21.1. The van der Waals surface area contributed by atoms with Crippen LogP contribution in [0.25, 0.3) is 11.0 Å². The van der Waals surface area contributed by atoms with Gasteiger partial charge >= 0.3 is 0 Å². The van der Waals surface area contributed by atoms with Crippen molar-refractivity contribution in [1.82, 2.24) is 14.8 Å². The van der Waals surface area contributed by atoms with E-state index in [1.165, 1.54) is 11.1 Å². The molecule has 6 nitrogen and oxygen atoms in total. The number of fused-ring (bicyclic) bond motifs is 2. The fourth-order valence-corrected chi connectivity index (χ4v) is 4.90. The van der Waals surface area contributed by atoms with Crippen molar-refractivity contribution in [3.05, 3.63) is 46.3 Å². The SMILES string of the molecule is COc1ccc(C)c2c1N(C(=O)c1cc(C3CC3)nc3c1c(C)nn3C(C)(C)C)CCC2. The molecule has 1 fully saturated rings. The summed E-state index contributed by atoms with van der Waals surface area (Å²) in [5.41, 5.74) is 6.49. The first-order chi connectivity index (χ1) is 15.2. The minimum absolute atomic E-state index is 0.0145. The predicted octanol–water partition coefficient (Wildman–Crippen LogP) is 5.28. The van der Waals surface area contributed by atoms with E-state index >= 15 is 0 Å². The molecule has 2 aliphatic rings. The van der Waals surface area contributed by atoms with Gasteiger partial charge in [-0.1, -0.05) is 6.07 Å². The van der Waals surface area contributed by atoms with Gasteiger partial charge in [0, 0.05) is 18.2 Å². The van der Waals surface area contributed by atoms with Crippen LogP contribution in [-0.4, -0.2) is 34.3 Å². The molecule has 1 aromatic carbocycles. The second-order valence-corrected chi connectivity index (χ2v) is 10.2. The van der Waals surface area contributed by atoms with E-state index in [-0.39, 0.29) is 11.4 Å². The minimum atomic E-state index is -0.222. The summed E-state index contributed by atoms with van der Waals surface area (Å²) < 4.78 is 7.67. The number of carbonyl (C=O) groups is 1. The van der Waals surface area contributed by atoms with E-state index in [4.69, 9.17) is 14.8 Å². The van der Waals surface area contributed by atoms with Crippen LogP contribution >= 0.6 is 0 Å². The molecular weight excluding hydrogens is 400 g/mol. The molecule has 0 bridgehead atoms. The molecule has 1 aliphatic heterocycles. The molecule has 2 aromatic heterocycles. The van der Waals surface area contributed by atoms with Crippen molar-refractivity contribution in [2.75, 3.05) is 18.6 Å². The highest BCUT2D eigenvalue weighted by molar-refractivity contribution is 6.15. The summed E-state index contributed by atoms with van der Waals surface area (Å²) >= 11 is 0. The number of amides is 1. The van der Waals surface area contributed by atoms with Crippen LogP contribution in [0.5, 0.6) is 5.75 Å². The first-order valence-electron chi connectivity index (χ1n) is 11.6. The van der Waals surface area contributed by atoms with Crippen molar-refractivity contribution in [3.8, 4) is 5.75 Å². The van der Waals surface area contributed by atoms with Crippen molar-refractivity contribution in [2.24, 2.45) is 0 Å². The van der Waals surface area contributed by atoms with Crippen LogP contribution in [0.4, 0.5) is 5.69 Å². The Labute approximate surface area is 189 Å². The van der Waals surface area contributed by atoms with Crippen molar-refractivity contribution in [3.63, 3.8) is 0 Å². The fraction of sp³-hybridized carbons (Fsp3) is 0.500. The number of nitrogens with zero attached hydrogens (tertiary/aromatic N) is 4. The van der Waals surface area contributed by atoms with E-state index < -0.39 is 0 Å². The van der Waals surface area contributed by atoms with Crippen LogP contribution in [-0.2, 0) is 12.0 Å². The zero-order chi connectivity index (χ0) is 22.8. The van der Waals surface area contributed by atoms with Crippen LogP contribution < -0.4 is 9.64 Å². The van der Waals surface area contributed by atoms with E-state index in [9.17, 15) is 4.79 Å². The number of methoxy groups -OCH3 is 1. The monoisotopic (exact) mass is 432 g/mol. The van der Waals surface area contributed by atoms with Crippen LogP contribution in [0.3, 0.4) is 0 Å². The lowest BCUT2D eigenvalue weighted by molar-refractivity contribution is 0.0985. The van der Waals surface area contributed by atoms with Crippen LogP contribution in [0.1, 0.15) is 78.8 Å². The lowest BCUT2D eigenvalue weighted by atomic mass is 9.95. The Hall–Kier alpha value is -2.89. The molecule has 32 heavy (non-hydrogen) atoms. The van der Waals surface area contributed by atoms with Crippen molar-refractivity contribution >= 4 is 22.6 Å². The first kappa shape index (κ1) is 21.0. The number of hydrogen-bond acceptors (Lipinski definition) is 4. The van der Waals surface area contributed by atoms with Crippen LogP contribution in [0.2, 0.25) is 0 Å². The number of rotatable bonds is 3. The smallest absolute Gasteiger partial charge is 0.259 e. The van der Waals surface area contributed by atoms with E-state index in [1.54, 1.807) is 7.11 Å². The normalized spacial score (nSPS) is 16.4. The lowest BCUT2D eigenvalue weighted by Crippen LogP contribution is -2.36. The molecule has 0 radical (unpaired) electrons. The molecule has 0 spiro atoms. The standard InChI is InChI=1S/C26H32N4O2/c1-15-9-12-21(32-6)23-18(15)8-7-13-29(23)25(31)19-14-20(17-10-11-17)27-24-22(19)16(2)28-30(24)26(3,4)5/h9,12,14,17H,7-8,10-11,13H2,1-6H3. The molecule has 5 rings (SSSR count). The number of aryl methyl sites for hydroxylation is 2. The maximum Gasteiger partial charge on any atom is 0.259 e. The number of anilines is 1. The Morgan fingerprint density at radius 1 is 1.19 bits per heavy atom. The van der Waals surface area contributed by atoms with Gasteiger partial charge in [0.2, 0.25) is 0 Å². The third-order valence-corrected chi connectivity index (χ3v) is 6.72. The lowest BCUT2D eigenvalue weighted by Gasteiger charge is -2.32. The van der Waals surface area contributed by atoms with Gasteiger partial charge in [0.15, 0.2) is 5.65 Å². The van der Waals surface area contributed by atoms with Crippen molar-refractivity contribution in [2.45, 2.75) is 71.8 Å². The van der Waals surface area contributed by atoms with Gasteiger partial charge in [0.1, 0.15) is 5.75 Å². The third kappa shape index (κ3) is 3.28. The van der Waals surface area contributed by atoms with Gasteiger partial charge in [-0.25, -0.2) is 9.67 Å². The average Bonchev–Trinajstić information content (AvgIpc) is 3.55. The zero-order valence-electron chi connectivity index (χ0n) is 20.0. The summed E-state index contributed by atoms with van der Waals surface area (Å²) in [6.45, 7) is 11.1. The maximum absolute atomic E-state index is 14.2. The molecular formula is C26H32N4O2. The topological polar surface area (TPSA) is 60.2 Å². The molecule has 0 atom stereocenters. The van der Waals surface area contributed by atoms with Gasteiger partial charge in [-0.2, -0.15) is 5.10 Å². The molecule has 168 valence electrons. The van der Waals surface area contributed by atoms with E-state index in [1.807, 2.05) is 28.6 Å². The van der Waals surface area contributed by atoms with Gasteiger partial charge in [0.25, 0.3) is 5.91 Å². The summed E-state index contributed by atoms with van der Waals surface area (Å²) in [7, 11) is 1.68. The molecule has 0 N–H and O–H groups in total. The number of ether oxygens (including phenoxy) is 1. The summed E-state index contributed by atoms with van der Waals surface area (Å²) in [6.07, 6.45) is 4.17. The predicted molar refractivity (Wildman–Crippen MR) is 127 cm³/mol. The van der Waals surface area contributed by atoms with Gasteiger partial charge in [-0.05, 0) is 83.6 Å². The Morgan fingerprint density at radius 3 is 2.59 bits per heavy atom. The van der Waals surface area contributed by atoms with Crippen molar-refractivity contribution in [1.29, 1.82) is 0 Å². The number of aromatic nitrogens is 3. The highest BCUT2D eigenvalue weighted by atomic mass is 16.5. The molecule has 1 aliphatic carbocycles. The van der Waals surface area contributed by atoms with Crippen LogP contribution in [0.15, 0.2) is 18.2 Å². The highest BCUT2D eigenvalue weighted by Gasteiger charge is 2.34. The Bertz CT molecular complexity index is 1230. The van der Waals surface area contributed by atoms with Gasteiger partial charge in [-0.15, -0.1) is 0 Å². The molecule has 1 saturated carbocycles. The third-order valence-electron chi connectivity index (χ3n) is 6.72. The summed E-state index contributed by atoms with van der Waals surface area (Å²) in [5.74, 6) is 1.22.